The van der Waals surface area contributed by atoms with Crippen molar-refractivity contribution >= 4 is 33.3 Å². The van der Waals surface area contributed by atoms with Gasteiger partial charge >= 0.3 is 0 Å². The van der Waals surface area contributed by atoms with Crippen LogP contribution in [0.25, 0.3) is 15.9 Å². The van der Waals surface area contributed by atoms with Crippen LogP contribution in [0, 0.1) is 5.92 Å². The number of ether oxygens (including phenoxy) is 1. The molecule has 1 aliphatic carbocycles. The van der Waals surface area contributed by atoms with Gasteiger partial charge in [0.25, 0.3) is 5.56 Å². The SMILES string of the molecule is CC[C@H]1CCc2c(sc3nc(SCc4ccc(OC)cc4)n(-c4ccccc4)c(=O)c23)C1. The number of methoxy groups -OCH3 is 1. The van der Waals surface area contributed by atoms with Crippen LogP contribution in [0.2, 0.25) is 0 Å². The largest absolute Gasteiger partial charge is 0.497 e. The summed E-state index contributed by atoms with van der Waals surface area (Å²) in [5.74, 6) is 2.29. The van der Waals surface area contributed by atoms with Crippen LogP contribution in [0.5, 0.6) is 5.75 Å². The molecule has 164 valence electrons. The van der Waals surface area contributed by atoms with Crippen molar-refractivity contribution in [2.45, 2.75) is 43.5 Å². The Labute approximate surface area is 196 Å². The number of aromatic nitrogens is 2. The molecule has 2 aromatic carbocycles. The van der Waals surface area contributed by atoms with Gasteiger partial charge in [0, 0.05) is 10.6 Å². The first-order valence-electron chi connectivity index (χ1n) is 11.1. The molecule has 0 amide bonds. The molecule has 0 fully saturated rings. The summed E-state index contributed by atoms with van der Waals surface area (Å²) in [5.41, 5.74) is 3.34. The van der Waals surface area contributed by atoms with E-state index in [2.05, 4.69) is 19.1 Å². The van der Waals surface area contributed by atoms with Crippen LogP contribution < -0.4 is 10.3 Å². The molecule has 4 nitrogen and oxygen atoms in total. The number of rotatable bonds is 6. The minimum atomic E-state index is 0.0610. The van der Waals surface area contributed by atoms with Crippen molar-refractivity contribution in [1.82, 2.24) is 9.55 Å². The second-order valence-corrected chi connectivity index (χ2v) is 10.2. The van der Waals surface area contributed by atoms with E-state index in [1.165, 1.54) is 22.4 Å². The molecule has 0 bridgehead atoms. The summed E-state index contributed by atoms with van der Waals surface area (Å²) in [6.45, 7) is 2.26. The molecular formula is C26H26N2O2S2. The lowest BCUT2D eigenvalue weighted by molar-refractivity contribution is 0.414. The van der Waals surface area contributed by atoms with E-state index in [9.17, 15) is 4.79 Å². The van der Waals surface area contributed by atoms with Gasteiger partial charge in [-0.15, -0.1) is 11.3 Å². The van der Waals surface area contributed by atoms with Gasteiger partial charge in [0.05, 0.1) is 18.2 Å². The summed E-state index contributed by atoms with van der Waals surface area (Å²) in [5, 5.41) is 1.58. The molecule has 4 aromatic rings. The van der Waals surface area contributed by atoms with E-state index in [1.807, 2.05) is 42.5 Å². The van der Waals surface area contributed by atoms with Gasteiger partial charge in [-0.3, -0.25) is 9.36 Å². The number of fused-ring (bicyclic) bond motifs is 3. The lowest BCUT2D eigenvalue weighted by Gasteiger charge is -2.20. The van der Waals surface area contributed by atoms with Crippen LogP contribution in [0.1, 0.15) is 35.8 Å². The molecule has 0 unspecified atom stereocenters. The monoisotopic (exact) mass is 462 g/mol. The highest BCUT2D eigenvalue weighted by Crippen LogP contribution is 2.38. The first-order valence-corrected chi connectivity index (χ1v) is 12.9. The molecule has 0 saturated carbocycles. The fourth-order valence-corrected chi connectivity index (χ4v) is 6.74. The highest BCUT2D eigenvalue weighted by Gasteiger charge is 2.26. The van der Waals surface area contributed by atoms with Gasteiger partial charge in [0.2, 0.25) is 0 Å². The van der Waals surface area contributed by atoms with Crippen molar-refractivity contribution in [3.8, 4) is 11.4 Å². The topological polar surface area (TPSA) is 44.1 Å². The predicted octanol–water partition coefficient (Wildman–Crippen LogP) is 6.26. The van der Waals surface area contributed by atoms with Crippen molar-refractivity contribution in [2.75, 3.05) is 7.11 Å². The highest BCUT2D eigenvalue weighted by molar-refractivity contribution is 7.98. The van der Waals surface area contributed by atoms with E-state index in [-0.39, 0.29) is 5.56 Å². The minimum absolute atomic E-state index is 0.0610. The number of aryl methyl sites for hydroxylation is 1. The summed E-state index contributed by atoms with van der Waals surface area (Å²) >= 11 is 3.33. The van der Waals surface area contributed by atoms with Crippen LogP contribution >= 0.6 is 23.1 Å². The summed E-state index contributed by atoms with van der Waals surface area (Å²) in [7, 11) is 1.67. The van der Waals surface area contributed by atoms with E-state index < -0.39 is 0 Å². The molecule has 0 radical (unpaired) electrons. The van der Waals surface area contributed by atoms with Crippen molar-refractivity contribution in [3.05, 3.63) is 81.0 Å². The second kappa shape index (κ2) is 9.12. The number of benzene rings is 2. The zero-order valence-electron chi connectivity index (χ0n) is 18.3. The van der Waals surface area contributed by atoms with Crippen LogP contribution in [0.4, 0.5) is 0 Å². The average molecular weight is 463 g/mol. The number of hydrogen-bond acceptors (Lipinski definition) is 5. The van der Waals surface area contributed by atoms with Crippen molar-refractivity contribution in [1.29, 1.82) is 0 Å². The van der Waals surface area contributed by atoms with Gasteiger partial charge < -0.3 is 4.74 Å². The molecule has 0 N–H and O–H groups in total. The summed E-state index contributed by atoms with van der Waals surface area (Å²) in [6.07, 6.45) is 4.41. The van der Waals surface area contributed by atoms with E-state index >= 15 is 0 Å². The van der Waals surface area contributed by atoms with Gasteiger partial charge in [0.15, 0.2) is 5.16 Å². The summed E-state index contributed by atoms with van der Waals surface area (Å²) in [4.78, 5) is 21.1. The molecule has 2 heterocycles. The van der Waals surface area contributed by atoms with E-state index in [0.717, 1.165) is 57.7 Å². The maximum atomic E-state index is 13.8. The quantitative estimate of drug-likeness (QED) is 0.250. The first-order chi connectivity index (χ1) is 15.7. The molecule has 6 heteroatoms. The summed E-state index contributed by atoms with van der Waals surface area (Å²) < 4.78 is 7.07. The Balaban J connectivity index is 1.59. The van der Waals surface area contributed by atoms with E-state index in [1.54, 1.807) is 34.8 Å². The van der Waals surface area contributed by atoms with E-state index in [0.29, 0.717) is 0 Å². The number of nitrogens with zero attached hydrogens (tertiary/aromatic N) is 2. The standard InChI is InChI=1S/C26H26N2O2S2/c1-3-17-11-14-21-22(15-17)32-24-23(21)25(29)28(19-7-5-4-6-8-19)26(27-24)31-16-18-9-12-20(30-2)13-10-18/h4-10,12-13,17H,3,11,14-16H2,1-2H3/t17-/m0/s1. The zero-order chi connectivity index (χ0) is 22.1. The fourth-order valence-electron chi connectivity index (χ4n) is 4.39. The number of para-hydroxylation sites is 1. The first kappa shape index (κ1) is 21.3. The number of hydrogen-bond donors (Lipinski definition) is 0. The van der Waals surface area contributed by atoms with Crippen LogP contribution in [0.15, 0.2) is 64.5 Å². The van der Waals surface area contributed by atoms with Crippen molar-refractivity contribution in [2.24, 2.45) is 5.92 Å². The second-order valence-electron chi connectivity index (χ2n) is 8.21. The number of thioether (sulfide) groups is 1. The molecule has 1 atom stereocenters. The normalized spacial score (nSPS) is 15.6. The molecule has 32 heavy (non-hydrogen) atoms. The van der Waals surface area contributed by atoms with Gasteiger partial charge in [0.1, 0.15) is 10.6 Å². The Morgan fingerprint density at radius 1 is 1.16 bits per heavy atom. The smallest absolute Gasteiger partial charge is 0.267 e. The van der Waals surface area contributed by atoms with Gasteiger partial charge in [-0.25, -0.2) is 4.98 Å². The summed E-state index contributed by atoms with van der Waals surface area (Å²) in [6, 6.07) is 17.9. The van der Waals surface area contributed by atoms with Crippen LogP contribution in [-0.4, -0.2) is 16.7 Å². The third kappa shape index (κ3) is 3.97. The average Bonchev–Trinajstić information content (AvgIpc) is 3.21. The Morgan fingerprint density at radius 3 is 2.66 bits per heavy atom. The Bertz CT molecular complexity index is 1290. The predicted molar refractivity (Wildman–Crippen MR) is 134 cm³/mol. The minimum Gasteiger partial charge on any atom is -0.497 e. The molecular weight excluding hydrogens is 436 g/mol. The molecule has 0 aliphatic heterocycles. The van der Waals surface area contributed by atoms with Crippen LogP contribution in [-0.2, 0) is 18.6 Å². The molecule has 2 aromatic heterocycles. The molecule has 1 aliphatic rings. The molecule has 0 saturated heterocycles. The Hall–Kier alpha value is -2.57. The van der Waals surface area contributed by atoms with Gasteiger partial charge in [-0.2, -0.15) is 0 Å². The number of thiophene rings is 1. The molecule has 0 spiro atoms. The fraction of sp³-hybridized carbons (Fsp3) is 0.308. The van der Waals surface area contributed by atoms with Crippen LogP contribution in [0.3, 0.4) is 0 Å². The third-order valence-electron chi connectivity index (χ3n) is 6.27. The molecule has 5 rings (SSSR count). The van der Waals surface area contributed by atoms with E-state index in [4.69, 9.17) is 9.72 Å². The lowest BCUT2D eigenvalue weighted by atomic mass is 9.86. The Morgan fingerprint density at radius 2 is 1.94 bits per heavy atom. The van der Waals surface area contributed by atoms with Crippen molar-refractivity contribution in [3.63, 3.8) is 0 Å². The Kier molecular flexibility index (Phi) is 6.07. The van der Waals surface area contributed by atoms with Gasteiger partial charge in [-0.05, 0) is 60.6 Å². The van der Waals surface area contributed by atoms with Crippen molar-refractivity contribution < 1.29 is 4.74 Å². The zero-order valence-corrected chi connectivity index (χ0v) is 20.0. The maximum absolute atomic E-state index is 13.8. The van der Waals surface area contributed by atoms with Gasteiger partial charge in [-0.1, -0.05) is 55.4 Å². The highest BCUT2D eigenvalue weighted by atomic mass is 32.2. The third-order valence-corrected chi connectivity index (χ3v) is 8.43. The maximum Gasteiger partial charge on any atom is 0.267 e. The lowest BCUT2D eigenvalue weighted by Crippen LogP contribution is -2.22.